The molecule has 13 heteroatoms. The average Bonchev–Trinajstić information content (AvgIpc) is 3.77. The van der Waals surface area contributed by atoms with Crippen LogP contribution in [-0.2, 0) is 33.4 Å². The first kappa shape index (κ1) is 40.6. The van der Waals surface area contributed by atoms with Gasteiger partial charge in [0.1, 0.15) is 29.8 Å². The van der Waals surface area contributed by atoms with Gasteiger partial charge in [0.2, 0.25) is 11.8 Å². The molecule has 4 aliphatic rings. The fourth-order valence-corrected chi connectivity index (χ4v) is 9.46. The fraction of sp³-hybridized carbons (Fsp3) is 0.524. The number of anilines is 2. The van der Waals surface area contributed by atoms with Crippen LogP contribution in [0.1, 0.15) is 58.6 Å². The lowest BCUT2D eigenvalue weighted by Gasteiger charge is -2.39. The van der Waals surface area contributed by atoms with Crippen LogP contribution in [0.3, 0.4) is 0 Å². The van der Waals surface area contributed by atoms with Crippen molar-refractivity contribution in [1.82, 2.24) is 10.2 Å². The second-order valence-electron chi connectivity index (χ2n) is 15.1. The highest BCUT2D eigenvalue weighted by atomic mass is 79.9. The van der Waals surface area contributed by atoms with Gasteiger partial charge in [-0.05, 0) is 68.5 Å². The Hall–Kier alpha value is -4.04. The summed E-state index contributed by atoms with van der Waals surface area (Å²) < 4.78 is 19.2. The molecular weight excluding hydrogens is 768 g/mol. The molecule has 55 heavy (non-hydrogen) atoms. The van der Waals surface area contributed by atoms with Gasteiger partial charge in [-0.1, -0.05) is 72.3 Å². The number of allylic oxidation sites excluding steroid dienone is 1. The van der Waals surface area contributed by atoms with E-state index < -0.39 is 65.6 Å². The topological polar surface area (TPSA) is 138 Å². The van der Waals surface area contributed by atoms with Crippen molar-refractivity contribution in [2.75, 3.05) is 49.8 Å². The monoisotopic (exact) mass is 820 g/mol. The van der Waals surface area contributed by atoms with Crippen molar-refractivity contribution in [2.45, 2.75) is 82.9 Å². The van der Waals surface area contributed by atoms with Crippen molar-refractivity contribution in [1.29, 1.82) is 0 Å². The van der Waals surface area contributed by atoms with E-state index in [1.807, 2.05) is 80.6 Å². The van der Waals surface area contributed by atoms with Gasteiger partial charge in [-0.15, -0.1) is 0 Å². The summed E-state index contributed by atoms with van der Waals surface area (Å²) in [6.07, 6.45) is 4.57. The zero-order chi connectivity index (χ0) is 39.4. The number of carbonyl (C=O) groups is 4. The van der Waals surface area contributed by atoms with Gasteiger partial charge in [-0.2, -0.15) is 0 Å². The summed E-state index contributed by atoms with van der Waals surface area (Å²) in [5.41, 5.74) is 0.716. The van der Waals surface area contributed by atoms with Crippen molar-refractivity contribution in [3.63, 3.8) is 0 Å². The van der Waals surface area contributed by atoms with Crippen LogP contribution in [0, 0.1) is 17.8 Å². The molecular formula is C42H53BrN4O8. The number of cyclic esters (lactones) is 1. The third kappa shape index (κ3) is 7.85. The molecule has 2 fully saturated rings. The number of hydrogen-bond acceptors (Lipinski definition) is 9. The molecule has 0 radical (unpaired) electrons. The van der Waals surface area contributed by atoms with Gasteiger partial charge in [0, 0.05) is 49.0 Å². The number of amides is 3. The molecule has 296 valence electrons. The number of aliphatic hydroxyl groups is 1. The van der Waals surface area contributed by atoms with Crippen molar-refractivity contribution in [3.05, 3.63) is 82.9 Å². The van der Waals surface area contributed by atoms with Crippen LogP contribution >= 0.6 is 15.9 Å². The Labute approximate surface area is 332 Å². The van der Waals surface area contributed by atoms with Gasteiger partial charge in [0.05, 0.1) is 31.2 Å². The lowest BCUT2D eigenvalue weighted by molar-refractivity contribution is -0.162. The highest BCUT2D eigenvalue weighted by molar-refractivity contribution is 9.11. The Morgan fingerprint density at radius 1 is 1.00 bits per heavy atom. The number of fused-ring (bicyclic) bond motifs is 2. The number of benzene rings is 2. The van der Waals surface area contributed by atoms with E-state index in [1.165, 1.54) is 12.0 Å². The highest BCUT2D eigenvalue weighted by Crippen LogP contribution is 2.59. The van der Waals surface area contributed by atoms with Crippen molar-refractivity contribution < 1.29 is 38.5 Å². The van der Waals surface area contributed by atoms with Gasteiger partial charge in [0.25, 0.3) is 5.91 Å². The molecule has 0 aromatic heterocycles. The van der Waals surface area contributed by atoms with E-state index in [9.17, 15) is 14.7 Å². The number of halogens is 1. The predicted molar refractivity (Wildman–Crippen MR) is 212 cm³/mol. The van der Waals surface area contributed by atoms with Gasteiger partial charge in [0.15, 0.2) is 0 Å². The quantitative estimate of drug-likeness (QED) is 0.239. The van der Waals surface area contributed by atoms with Gasteiger partial charge in [-0.3, -0.25) is 19.2 Å². The molecule has 8 atom stereocenters. The van der Waals surface area contributed by atoms with Crippen LogP contribution in [0.15, 0.2) is 77.3 Å². The number of aliphatic hydroxyl groups excluding tert-OH is 1. The Morgan fingerprint density at radius 3 is 2.35 bits per heavy atom. The Bertz CT molecular complexity index is 1770. The van der Waals surface area contributed by atoms with Crippen LogP contribution in [0.4, 0.5) is 11.4 Å². The molecule has 0 aliphatic carbocycles. The molecule has 2 N–H and O–H groups in total. The number of nitrogens with zero attached hydrogens (tertiary/aromatic N) is 3. The third-order valence-corrected chi connectivity index (χ3v) is 11.9. The molecule has 0 saturated carbocycles. The van der Waals surface area contributed by atoms with E-state index in [0.717, 1.165) is 18.8 Å². The minimum absolute atomic E-state index is 0.0503. The number of likely N-dealkylation sites (tertiary alicyclic amines) is 1. The average molecular weight is 822 g/mol. The van der Waals surface area contributed by atoms with Crippen LogP contribution in [0.25, 0.3) is 0 Å². The van der Waals surface area contributed by atoms with Gasteiger partial charge < -0.3 is 39.3 Å². The summed E-state index contributed by atoms with van der Waals surface area (Å²) in [7, 11) is 1.51. The summed E-state index contributed by atoms with van der Waals surface area (Å²) in [6, 6.07) is 14.1. The van der Waals surface area contributed by atoms with E-state index in [2.05, 4.69) is 40.0 Å². The van der Waals surface area contributed by atoms with Crippen LogP contribution in [0.5, 0.6) is 0 Å². The molecule has 4 heterocycles. The lowest BCUT2D eigenvalue weighted by Crippen LogP contribution is -2.59. The van der Waals surface area contributed by atoms with Crippen molar-refractivity contribution in [3.8, 4) is 0 Å². The summed E-state index contributed by atoms with van der Waals surface area (Å²) in [5, 5.41) is 13.9. The lowest BCUT2D eigenvalue weighted by atomic mass is 9.74. The first-order valence-corrected chi connectivity index (χ1v) is 20.1. The predicted octanol–water partition coefficient (Wildman–Crippen LogP) is 4.91. The summed E-state index contributed by atoms with van der Waals surface area (Å²) >= 11 is 3.64. The number of carbonyl (C=O) groups excluding carboxylic acids is 4. The first-order chi connectivity index (χ1) is 26.5. The van der Waals surface area contributed by atoms with E-state index in [0.29, 0.717) is 28.6 Å². The minimum atomic E-state index is -1.54. The standard InChI is InChI=1S/C42H53BrN4O8/c1-6-45(7-2)28-17-19-29(20-18-28)46-21-13-9-12-16-33(49)44-32(25-53-5)36(27-14-10-8-11-15-27)54-41(52)34-35-39(50)47(30(24-48)22-26(3)4)38(40(46)51)42(35)23-31(43)37(34)55-42/h8-11,13-15,17-20,23,26,30,32,34-38,48H,6-7,12,16,21-22,24-25H2,1-5H3,(H,44,49)/b13-9-/t30-,32-,34+,35-,36-,37+,38+,42-/m1/s1. The van der Waals surface area contributed by atoms with Gasteiger partial charge in [-0.25, -0.2) is 0 Å². The normalized spacial score (nSPS) is 29.6. The van der Waals surface area contributed by atoms with Crippen LogP contribution in [0.2, 0.25) is 0 Å². The molecule has 12 nitrogen and oxygen atoms in total. The molecule has 4 aliphatic heterocycles. The smallest absolute Gasteiger partial charge is 0.313 e. The molecule has 2 saturated heterocycles. The summed E-state index contributed by atoms with van der Waals surface area (Å²) in [4.78, 5) is 63.8. The third-order valence-electron chi connectivity index (χ3n) is 11.2. The maximum absolute atomic E-state index is 15.4. The SMILES string of the molecule is CCN(CC)c1ccc(N2C/C=C\CCC(=O)N[C@H](COC)[C@@H](c3ccccc3)OC(=O)[C@@H]3[C@H]4O[C@@]5(C=C4Br)[C@H](C2=O)N([C@@H](CO)CC(C)C)C(=O)[C@@H]35)cc1. The van der Waals surface area contributed by atoms with E-state index in [1.54, 1.807) is 11.0 Å². The number of ether oxygens (including phenoxy) is 3. The highest BCUT2D eigenvalue weighted by Gasteiger charge is 2.75. The second-order valence-corrected chi connectivity index (χ2v) is 16.0. The summed E-state index contributed by atoms with van der Waals surface area (Å²) in [5.74, 6) is -3.99. The number of rotatable bonds is 11. The first-order valence-electron chi connectivity index (χ1n) is 19.3. The van der Waals surface area contributed by atoms with E-state index >= 15 is 9.59 Å². The number of nitrogens with one attached hydrogen (secondary N) is 1. The molecule has 1 spiro atoms. The maximum atomic E-state index is 15.4. The Kier molecular flexibility index (Phi) is 12.9. The largest absolute Gasteiger partial charge is 0.455 e. The maximum Gasteiger partial charge on any atom is 0.313 e. The fourth-order valence-electron chi connectivity index (χ4n) is 8.73. The molecule has 0 unspecified atom stereocenters. The Morgan fingerprint density at radius 2 is 1.71 bits per heavy atom. The van der Waals surface area contributed by atoms with E-state index in [-0.39, 0.29) is 38.0 Å². The molecule has 6 rings (SSSR count). The second kappa shape index (κ2) is 17.4. The van der Waals surface area contributed by atoms with E-state index in [4.69, 9.17) is 14.2 Å². The molecule has 2 aromatic rings. The Balaban J connectivity index is 1.50. The molecule has 2 aromatic carbocycles. The zero-order valence-electron chi connectivity index (χ0n) is 32.2. The van der Waals surface area contributed by atoms with Crippen LogP contribution in [-0.4, -0.2) is 103 Å². The number of methoxy groups -OCH3 is 1. The number of esters is 1. The number of hydrogen-bond donors (Lipinski definition) is 2. The van der Waals surface area contributed by atoms with Crippen LogP contribution < -0.4 is 15.1 Å². The minimum Gasteiger partial charge on any atom is -0.455 e. The molecule has 5 bridgehead atoms. The molecule has 3 amide bonds. The van der Waals surface area contributed by atoms with Crippen molar-refractivity contribution in [2.24, 2.45) is 17.8 Å². The summed E-state index contributed by atoms with van der Waals surface area (Å²) in [6.45, 7) is 9.60. The zero-order valence-corrected chi connectivity index (χ0v) is 33.8. The van der Waals surface area contributed by atoms with Gasteiger partial charge >= 0.3 is 5.97 Å². The van der Waals surface area contributed by atoms with Crippen molar-refractivity contribution >= 4 is 51.0 Å².